The van der Waals surface area contributed by atoms with Gasteiger partial charge < -0.3 is 5.11 Å². The van der Waals surface area contributed by atoms with Crippen LogP contribution in [0.3, 0.4) is 0 Å². The minimum atomic E-state index is -0.988. The zero-order valence-corrected chi connectivity index (χ0v) is 13.0. The topological polar surface area (TPSA) is 79.7 Å². The first-order chi connectivity index (χ1) is 10.5. The van der Waals surface area contributed by atoms with Crippen LogP contribution in [-0.4, -0.2) is 40.2 Å². The monoisotopic (exact) mass is 320 g/mol. The maximum Gasteiger partial charge on any atom is 0.305 e. The Morgan fingerprint density at radius 3 is 2.82 bits per heavy atom. The molecular weight excluding hydrogens is 304 g/mol. The minimum Gasteiger partial charge on any atom is -0.481 e. The Morgan fingerprint density at radius 2 is 2.18 bits per heavy atom. The smallest absolute Gasteiger partial charge is 0.305 e. The molecule has 0 bridgehead atoms. The lowest BCUT2D eigenvalue weighted by Crippen LogP contribution is -2.37. The number of hydrogen-bond acceptors (Lipinski definition) is 5. The number of thiazole rings is 1. The third kappa shape index (κ3) is 3.90. The Labute approximate surface area is 131 Å². The largest absolute Gasteiger partial charge is 0.481 e. The maximum atomic E-state index is 12.1. The first kappa shape index (κ1) is 16.1. The Kier molecular flexibility index (Phi) is 5.24. The number of aromatic nitrogens is 1. The number of para-hydroxylation sites is 1. The molecule has 6 nitrogen and oxygen atoms in total. The van der Waals surface area contributed by atoms with Crippen molar-refractivity contribution in [2.24, 2.45) is 0 Å². The van der Waals surface area contributed by atoms with E-state index in [9.17, 15) is 9.59 Å². The second kappa shape index (κ2) is 7.15. The number of carboxylic acid groups (broad SMARTS) is 1. The van der Waals surface area contributed by atoms with Crippen LogP contribution in [0.25, 0.3) is 16.3 Å². The standard InChI is InChI=1S/C15H16N2O4S/c1-10(9-15(19)20)17(21-2)14(18)8-7-13-16-11-5-3-4-6-12(11)22-13/h3-8,10H,9H2,1-2H3,(H,19,20)/b8-7+. The number of carboxylic acids is 1. The van der Waals surface area contributed by atoms with Crippen LogP contribution in [0.2, 0.25) is 0 Å². The van der Waals surface area contributed by atoms with E-state index in [0.717, 1.165) is 15.3 Å². The van der Waals surface area contributed by atoms with Gasteiger partial charge in [0.15, 0.2) is 0 Å². The highest BCUT2D eigenvalue weighted by molar-refractivity contribution is 7.19. The summed E-state index contributed by atoms with van der Waals surface area (Å²) in [6, 6.07) is 7.14. The fourth-order valence-electron chi connectivity index (χ4n) is 2.00. The van der Waals surface area contributed by atoms with Gasteiger partial charge in [-0.05, 0) is 25.1 Å². The van der Waals surface area contributed by atoms with E-state index in [0.29, 0.717) is 5.01 Å². The van der Waals surface area contributed by atoms with Crippen molar-refractivity contribution in [3.8, 4) is 0 Å². The highest BCUT2D eigenvalue weighted by Gasteiger charge is 2.20. The van der Waals surface area contributed by atoms with Gasteiger partial charge in [0, 0.05) is 6.08 Å². The summed E-state index contributed by atoms with van der Waals surface area (Å²) in [5, 5.41) is 10.5. The SMILES string of the molecule is CON(C(=O)/C=C/c1nc2ccccc2s1)C(C)CC(=O)O. The Bertz CT molecular complexity index is 677. The van der Waals surface area contributed by atoms with Crippen LogP contribution in [0, 0.1) is 0 Å². The molecule has 0 spiro atoms. The van der Waals surface area contributed by atoms with E-state index in [1.165, 1.54) is 24.5 Å². The Hall–Kier alpha value is -2.25. The van der Waals surface area contributed by atoms with Gasteiger partial charge in [0.25, 0.3) is 5.91 Å². The number of rotatable bonds is 6. The van der Waals surface area contributed by atoms with Crippen LogP contribution in [0.1, 0.15) is 18.4 Å². The van der Waals surface area contributed by atoms with Gasteiger partial charge in [-0.3, -0.25) is 14.4 Å². The number of benzene rings is 1. The molecule has 1 aromatic carbocycles. The maximum absolute atomic E-state index is 12.1. The van der Waals surface area contributed by atoms with Gasteiger partial charge in [-0.15, -0.1) is 11.3 Å². The van der Waals surface area contributed by atoms with Gasteiger partial charge >= 0.3 is 5.97 Å². The first-order valence-electron chi connectivity index (χ1n) is 6.64. The quantitative estimate of drug-likeness (QED) is 0.653. The van der Waals surface area contributed by atoms with Gasteiger partial charge in [0.1, 0.15) is 5.01 Å². The number of hydrogen-bond donors (Lipinski definition) is 1. The highest BCUT2D eigenvalue weighted by atomic mass is 32.1. The molecule has 1 atom stereocenters. The zero-order chi connectivity index (χ0) is 16.1. The van der Waals surface area contributed by atoms with Crippen molar-refractivity contribution >= 4 is 39.5 Å². The van der Waals surface area contributed by atoms with Gasteiger partial charge in [0.05, 0.1) is 29.8 Å². The summed E-state index contributed by atoms with van der Waals surface area (Å²) in [5.74, 6) is -1.41. The van der Waals surface area contributed by atoms with Crippen molar-refractivity contribution in [3.63, 3.8) is 0 Å². The highest BCUT2D eigenvalue weighted by Crippen LogP contribution is 2.22. The molecule has 0 fully saturated rings. The lowest BCUT2D eigenvalue weighted by atomic mass is 10.2. The van der Waals surface area contributed by atoms with E-state index in [1.54, 1.807) is 13.0 Å². The third-order valence-corrected chi connectivity index (χ3v) is 3.96. The van der Waals surface area contributed by atoms with Crippen LogP contribution in [0.5, 0.6) is 0 Å². The summed E-state index contributed by atoms with van der Waals surface area (Å²) in [6.45, 7) is 1.61. The molecule has 116 valence electrons. The van der Waals surface area contributed by atoms with Crippen LogP contribution in [0.4, 0.5) is 0 Å². The third-order valence-electron chi connectivity index (χ3n) is 2.96. The summed E-state index contributed by atoms with van der Waals surface area (Å²) in [4.78, 5) is 32.2. The van der Waals surface area contributed by atoms with Crippen molar-refractivity contribution in [2.75, 3.05) is 7.11 Å². The van der Waals surface area contributed by atoms with E-state index in [2.05, 4.69) is 4.98 Å². The molecule has 2 aromatic rings. The predicted octanol–water partition coefficient (Wildman–Crippen LogP) is 2.56. The summed E-state index contributed by atoms with van der Waals surface area (Å²) in [6.07, 6.45) is 2.75. The Balaban J connectivity index is 2.10. The van der Waals surface area contributed by atoms with Gasteiger partial charge in [0.2, 0.25) is 0 Å². The molecule has 0 aliphatic rings. The second-order valence-corrected chi connectivity index (χ2v) is 5.71. The second-order valence-electron chi connectivity index (χ2n) is 4.65. The first-order valence-corrected chi connectivity index (χ1v) is 7.45. The summed E-state index contributed by atoms with van der Waals surface area (Å²) >= 11 is 1.47. The van der Waals surface area contributed by atoms with Crippen molar-refractivity contribution in [1.29, 1.82) is 0 Å². The number of carbonyl (C=O) groups excluding carboxylic acids is 1. The zero-order valence-electron chi connectivity index (χ0n) is 12.2. The molecule has 7 heteroatoms. The van der Waals surface area contributed by atoms with E-state index >= 15 is 0 Å². The molecule has 1 N–H and O–H groups in total. The molecule has 1 heterocycles. The molecule has 22 heavy (non-hydrogen) atoms. The summed E-state index contributed by atoms with van der Waals surface area (Å²) in [7, 11) is 1.34. The number of fused-ring (bicyclic) bond motifs is 1. The van der Waals surface area contributed by atoms with Crippen LogP contribution in [-0.2, 0) is 14.4 Å². The lowest BCUT2D eigenvalue weighted by Gasteiger charge is -2.23. The molecule has 1 unspecified atom stereocenters. The molecule has 0 saturated heterocycles. The van der Waals surface area contributed by atoms with Crippen molar-refractivity contribution < 1.29 is 19.5 Å². The van der Waals surface area contributed by atoms with E-state index in [-0.39, 0.29) is 6.42 Å². The fourth-order valence-corrected chi connectivity index (χ4v) is 2.87. The van der Waals surface area contributed by atoms with Gasteiger partial charge in [-0.2, -0.15) is 0 Å². The van der Waals surface area contributed by atoms with Crippen LogP contribution < -0.4 is 0 Å². The summed E-state index contributed by atoms with van der Waals surface area (Å²) in [5.41, 5.74) is 0.877. The molecule has 0 radical (unpaired) electrons. The van der Waals surface area contributed by atoms with Crippen LogP contribution in [0.15, 0.2) is 30.3 Å². The molecular formula is C15H16N2O4S. The number of amides is 1. The molecule has 1 amide bonds. The van der Waals surface area contributed by atoms with Gasteiger partial charge in [-0.1, -0.05) is 12.1 Å². The lowest BCUT2D eigenvalue weighted by molar-refractivity contribution is -0.183. The summed E-state index contributed by atoms with van der Waals surface area (Å²) < 4.78 is 1.04. The molecule has 0 aliphatic heterocycles. The van der Waals surface area contributed by atoms with Crippen molar-refractivity contribution in [2.45, 2.75) is 19.4 Å². The van der Waals surface area contributed by atoms with Gasteiger partial charge in [-0.25, -0.2) is 10.0 Å². The molecule has 1 aromatic heterocycles. The number of aliphatic carboxylic acids is 1. The predicted molar refractivity (Wildman–Crippen MR) is 84.2 cm³/mol. The number of hydroxylamine groups is 2. The van der Waals surface area contributed by atoms with Crippen LogP contribution >= 0.6 is 11.3 Å². The average molecular weight is 320 g/mol. The van der Waals surface area contributed by atoms with E-state index in [4.69, 9.17) is 9.94 Å². The molecule has 0 aliphatic carbocycles. The van der Waals surface area contributed by atoms with Crippen molar-refractivity contribution in [1.82, 2.24) is 10.0 Å². The van der Waals surface area contributed by atoms with Crippen molar-refractivity contribution in [3.05, 3.63) is 35.3 Å². The molecule has 0 saturated carbocycles. The fraction of sp³-hybridized carbons (Fsp3) is 0.267. The van der Waals surface area contributed by atoms with E-state index < -0.39 is 17.9 Å². The average Bonchev–Trinajstić information content (AvgIpc) is 2.87. The molecule has 2 rings (SSSR count). The number of nitrogens with zero attached hydrogens (tertiary/aromatic N) is 2. The minimum absolute atomic E-state index is 0.186. The number of carbonyl (C=O) groups is 2. The Morgan fingerprint density at radius 1 is 1.45 bits per heavy atom. The van der Waals surface area contributed by atoms with E-state index in [1.807, 2.05) is 24.3 Å². The normalized spacial score (nSPS) is 12.6.